The summed E-state index contributed by atoms with van der Waals surface area (Å²) in [4.78, 5) is 19.1. The first-order chi connectivity index (χ1) is 13.6. The number of halogens is 1. The van der Waals surface area contributed by atoms with Crippen LogP contribution in [0.1, 0.15) is 31.9 Å². The topological polar surface area (TPSA) is 51.1 Å². The van der Waals surface area contributed by atoms with Crippen molar-refractivity contribution in [3.63, 3.8) is 0 Å². The fourth-order valence-corrected chi connectivity index (χ4v) is 3.10. The van der Waals surface area contributed by atoms with Crippen LogP contribution in [-0.4, -0.2) is 36.4 Å². The van der Waals surface area contributed by atoms with Crippen LogP contribution in [0.15, 0.2) is 53.2 Å². The summed E-state index contributed by atoms with van der Waals surface area (Å²) in [6.45, 7) is 7.39. The number of nitrogens with zero attached hydrogens (tertiary/aromatic N) is 2. The molecule has 146 valence electrons. The number of benzene rings is 2. The van der Waals surface area contributed by atoms with Crippen LogP contribution in [0, 0.1) is 0 Å². The van der Waals surface area contributed by atoms with Crippen LogP contribution in [0.4, 0.5) is 0 Å². The Hall–Kier alpha value is -2.79. The molecule has 0 aromatic heterocycles. The van der Waals surface area contributed by atoms with Gasteiger partial charge in [0.1, 0.15) is 11.5 Å². The summed E-state index contributed by atoms with van der Waals surface area (Å²) in [5.41, 5.74) is 2.07. The quantitative estimate of drug-likeness (QED) is 0.630. The van der Waals surface area contributed by atoms with E-state index in [1.165, 1.54) is 0 Å². The number of carbonyl (C=O) groups is 1. The maximum atomic E-state index is 12.8. The molecule has 0 spiro atoms. The molecule has 0 N–H and O–H groups in total. The van der Waals surface area contributed by atoms with Gasteiger partial charge in [0, 0.05) is 17.1 Å². The average Bonchev–Trinajstić information content (AvgIpc) is 3.00. The van der Waals surface area contributed by atoms with Gasteiger partial charge in [-0.25, -0.2) is 4.99 Å². The third-order valence-corrected chi connectivity index (χ3v) is 4.49. The van der Waals surface area contributed by atoms with Gasteiger partial charge < -0.3 is 9.47 Å². The number of aliphatic imine (C=N–C) groups is 1. The molecule has 0 unspecified atom stereocenters. The van der Waals surface area contributed by atoms with Crippen LogP contribution in [0.25, 0.3) is 6.08 Å². The summed E-state index contributed by atoms with van der Waals surface area (Å²) in [7, 11) is 0. The Morgan fingerprint density at radius 2 is 1.68 bits per heavy atom. The molecular weight excluding hydrogens is 376 g/mol. The molecule has 0 bridgehead atoms. The molecule has 5 nitrogen and oxygen atoms in total. The third kappa shape index (κ3) is 4.20. The van der Waals surface area contributed by atoms with E-state index in [2.05, 4.69) is 4.99 Å². The molecule has 0 saturated carbocycles. The maximum Gasteiger partial charge on any atom is 0.278 e. The minimum atomic E-state index is -0.126. The smallest absolute Gasteiger partial charge is 0.278 e. The van der Waals surface area contributed by atoms with Crippen molar-refractivity contribution < 1.29 is 14.3 Å². The van der Waals surface area contributed by atoms with E-state index in [4.69, 9.17) is 21.1 Å². The van der Waals surface area contributed by atoms with Crippen LogP contribution in [0.5, 0.6) is 11.5 Å². The van der Waals surface area contributed by atoms with E-state index < -0.39 is 0 Å². The highest BCUT2D eigenvalue weighted by atomic mass is 35.5. The lowest BCUT2D eigenvalue weighted by molar-refractivity contribution is -0.122. The van der Waals surface area contributed by atoms with Crippen molar-refractivity contribution in [3.8, 4) is 11.5 Å². The Morgan fingerprint density at radius 3 is 2.32 bits per heavy atom. The molecule has 6 heteroatoms. The number of ether oxygens (including phenoxy) is 2. The highest BCUT2D eigenvalue weighted by molar-refractivity contribution is 6.30. The highest BCUT2D eigenvalue weighted by Gasteiger charge is 2.29. The van der Waals surface area contributed by atoms with Gasteiger partial charge in [0.15, 0.2) is 11.5 Å². The predicted molar refractivity (Wildman–Crippen MR) is 112 cm³/mol. The molecule has 0 saturated heterocycles. The Balaban J connectivity index is 1.97. The predicted octanol–water partition coefficient (Wildman–Crippen LogP) is 4.79. The monoisotopic (exact) mass is 398 g/mol. The summed E-state index contributed by atoms with van der Waals surface area (Å²) >= 11 is 5.98. The van der Waals surface area contributed by atoms with E-state index >= 15 is 0 Å². The first-order valence-corrected chi connectivity index (χ1v) is 9.73. The molecule has 1 aliphatic heterocycles. The first kappa shape index (κ1) is 20.0. The van der Waals surface area contributed by atoms with Gasteiger partial charge in [-0.05, 0) is 68.8 Å². The highest BCUT2D eigenvalue weighted by Crippen LogP contribution is 2.30. The number of amides is 1. The van der Waals surface area contributed by atoms with Crippen molar-refractivity contribution in [2.45, 2.75) is 20.8 Å². The van der Waals surface area contributed by atoms with Gasteiger partial charge >= 0.3 is 0 Å². The summed E-state index contributed by atoms with van der Waals surface area (Å²) < 4.78 is 11.3. The Labute approximate surface area is 170 Å². The fourth-order valence-electron chi connectivity index (χ4n) is 2.98. The average molecular weight is 399 g/mol. The maximum absolute atomic E-state index is 12.8. The van der Waals surface area contributed by atoms with Gasteiger partial charge in [-0.2, -0.15) is 0 Å². The number of amidine groups is 1. The summed E-state index contributed by atoms with van der Waals surface area (Å²) in [5, 5.41) is 0.644. The zero-order valence-corrected chi connectivity index (χ0v) is 17.0. The fraction of sp³-hybridized carbons (Fsp3) is 0.273. The normalized spacial score (nSPS) is 15.1. The van der Waals surface area contributed by atoms with Crippen molar-refractivity contribution in [3.05, 3.63) is 64.3 Å². The van der Waals surface area contributed by atoms with E-state index in [1.807, 2.05) is 51.1 Å². The molecule has 2 aromatic rings. The molecule has 2 aromatic carbocycles. The summed E-state index contributed by atoms with van der Waals surface area (Å²) in [6.07, 6.45) is 1.77. The van der Waals surface area contributed by atoms with Crippen molar-refractivity contribution >= 4 is 29.4 Å². The van der Waals surface area contributed by atoms with Crippen molar-refractivity contribution in [1.29, 1.82) is 0 Å². The standard InChI is InChI=1S/C22H23ClN2O3/c1-4-25-21(16-8-10-17(23)11-9-16)24-18(22(25)26)13-15-7-12-19(27-5-2)20(14-15)28-6-3/h7-14H,4-6H2,1-3H3. The minimum absolute atomic E-state index is 0.126. The van der Waals surface area contributed by atoms with E-state index in [0.29, 0.717) is 47.8 Å². The third-order valence-electron chi connectivity index (χ3n) is 4.24. The SMILES string of the molecule is CCOc1ccc(C=C2N=C(c3ccc(Cl)cc3)N(CC)C2=O)cc1OCC. The summed E-state index contributed by atoms with van der Waals surface area (Å²) in [5.74, 6) is 1.84. The van der Waals surface area contributed by atoms with Crippen LogP contribution in [0.2, 0.25) is 5.02 Å². The zero-order chi connectivity index (χ0) is 20.1. The van der Waals surface area contributed by atoms with Crippen molar-refractivity contribution in [1.82, 2.24) is 4.90 Å². The number of carbonyl (C=O) groups excluding carboxylic acids is 1. The Morgan fingerprint density at radius 1 is 1.00 bits per heavy atom. The van der Waals surface area contributed by atoms with Gasteiger partial charge in [0.2, 0.25) is 0 Å². The van der Waals surface area contributed by atoms with Gasteiger partial charge in [-0.15, -0.1) is 0 Å². The lowest BCUT2D eigenvalue weighted by Gasteiger charge is -2.15. The Kier molecular flexibility index (Phi) is 6.37. The summed E-state index contributed by atoms with van der Waals surface area (Å²) in [6, 6.07) is 12.9. The second-order valence-corrected chi connectivity index (χ2v) is 6.53. The second-order valence-electron chi connectivity index (χ2n) is 6.09. The molecule has 0 radical (unpaired) electrons. The molecule has 0 atom stereocenters. The first-order valence-electron chi connectivity index (χ1n) is 9.35. The molecule has 1 aliphatic rings. The molecular formula is C22H23ClN2O3. The van der Waals surface area contributed by atoms with Crippen LogP contribution < -0.4 is 9.47 Å². The minimum Gasteiger partial charge on any atom is -0.490 e. The number of hydrogen-bond donors (Lipinski definition) is 0. The van der Waals surface area contributed by atoms with Crippen molar-refractivity contribution in [2.75, 3.05) is 19.8 Å². The largest absolute Gasteiger partial charge is 0.490 e. The Bertz CT molecular complexity index is 920. The molecule has 0 fully saturated rings. The van der Waals surface area contributed by atoms with Gasteiger partial charge in [0.25, 0.3) is 5.91 Å². The number of rotatable bonds is 7. The molecule has 1 heterocycles. The van der Waals surface area contributed by atoms with Gasteiger partial charge in [0.05, 0.1) is 13.2 Å². The molecule has 1 amide bonds. The van der Waals surface area contributed by atoms with E-state index in [-0.39, 0.29) is 5.91 Å². The van der Waals surface area contributed by atoms with E-state index in [9.17, 15) is 4.79 Å². The van der Waals surface area contributed by atoms with Crippen LogP contribution in [0.3, 0.4) is 0 Å². The molecule has 28 heavy (non-hydrogen) atoms. The van der Waals surface area contributed by atoms with Gasteiger partial charge in [-0.3, -0.25) is 9.69 Å². The lowest BCUT2D eigenvalue weighted by Crippen LogP contribution is -2.32. The number of likely N-dealkylation sites (N-methyl/N-ethyl adjacent to an activating group) is 1. The number of hydrogen-bond acceptors (Lipinski definition) is 4. The van der Waals surface area contributed by atoms with Crippen LogP contribution >= 0.6 is 11.6 Å². The van der Waals surface area contributed by atoms with Crippen LogP contribution in [-0.2, 0) is 4.79 Å². The second kappa shape index (κ2) is 8.93. The van der Waals surface area contributed by atoms with Gasteiger partial charge in [-0.1, -0.05) is 17.7 Å². The molecule has 0 aliphatic carbocycles. The lowest BCUT2D eigenvalue weighted by atomic mass is 10.1. The molecule has 3 rings (SSSR count). The zero-order valence-electron chi connectivity index (χ0n) is 16.2. The van der Waals surface area contributed by atoms with Crippen molar-refractivity contribution in [2.24, 2.45) is 4.99 Å². The van der Waals surface area contributed by atoms with E-state index in [1.54, 1.807) is 23.1 Å². The van der Waals surface area contributed by atoms with E-state index in [0.717, 1.165) is 11.1 Å².